The minimum absolute atomic E-state index is 0.369. The number of hydrogen-bond acceptors (Lipinski definition) is 2. The van der Waals surface area contributed by atoms with E-state index < -0.39 is 12.0 Å². The Bertz CT molecular complexity index is 362. The van der Waals surface area contributed by atoms with E-state index in [4.69, 9.17) is 5.11 Å². The second kappa shape index (κ2) is 7.17. The third kappa shape index (κ3) is 4.88. The molecule has 1 aromatic rings. The zero-order chi connectivity index (χ0) is 13.5. The highest BCUT2D eigenvalue weighted by Gasteiger charge is 2.16. The Balaban J connectivity index is 2.65. The van der Waals surface area contributed by atoms with E-state index in [-0.39, 0.29) is 0 Å². The lowest BCUT2D eigenvalue weighted by Gasteiger charge is -2.21. The minimum atomic E-state index is -0.800. The van der Waals surface area contributed by atoms with Crippen molar-refractivity contribution in [2.75, 3.05) is 6.54 Å². The van der Waals surface area contributed by atoms with Gasteiger partial charge in [0.2, 0.25) is 0 Å². The molecule has 18 heavy (non-hydrogen) atoms. The van der Waals surface area contributed by atoms with Gasteiger partial charge in [0.1, 0.15) is 6.04 Å². The quantitative estimate of drug-likeness (QED) is 0.781. The van der Waals surface area contributed by atoms with Crippen LogP contribution in [0.25, 0.3) is 0 Å². The van der Waals surface area contributed by atoms with E-state index >= 15 is 0 Å². The highest BCUT2D eigenvalue weighted by atomic mass is 16.4. The summed E-state index contributed by atoms with van der Waals surface area (Å²) in [7, 11) is 0. The number of carboxylic acids is 1. The van der Waals surface area contributed by atoms with Crippen LogP contribution in [0.2, 0.25) is 0 Å². The summed E-state index contributed by atoms with van der Waals surface area (Å²) >= 11 is 0. The molecule has 0 spiro atoms. The normalized spacial score (nSPS) is 14.4. The molecule has 0 aliphatic carbocycles. The average Bonchev–Trinajstić information content (AvgIpc) is 2.34. The summed E-state index contributed by atoms with van der Waals surface area (Å²) in [5.74, 6) is 0.163. The second-order valence-corrected chi connectivity index (χ2v) is 5.21. The van der Waals surface area contributed by atoms with Crippen molar-refractivity contribution in [1.29, 1.82) is 0 Å². The molecule has 3 nitrogen and oxygen atoms in total. The number of nitrogens with one attached hydrogen (secondary N) is 1. The standard InChI is InChI=1S/C15H23NO2/c1-11(2)9-14(10-16-12(3)15(17)18)13-7-5-4-6-8-13/h4-8,11-12,14,16H,9-10H2,1-3H3,(H,17,18). The van der Waals surface area contributed by atoms with Crippen LogP contribution in [0.1, 0.15) is 38.7 Å². The molecule has 2 atom stereocenters. The van der Waals surface area contributed by atoms with Crippen LogP contribution in [0.15, 0.2) is 30.3 Å². The fraction of sp³-hybridized carbons (Fsp3) is 0.533. The van der Waals surface area contributed by atoms with Crippen LogP contribution in [0, 0.1) is 5.92 Å². The van der Waals surface area contributed by atoms with Gasteiger partial charge in [-0.25, -0.2) is 0 Å². The fourth-order valence-corrected chi connectivity index (χ4v) is 2.04. The molecule has 0 aliphatic heterocycles. The smallest absolute Gasteiger partial charge is 0.320 e. The molecule has 0 saturated heterocycles. The van der Waals surface area contributed by atoms with E-state index in [1.807, 2.05) is 18.2 Å². The SMILES string of the molecule is CC(C)CC(CNC(C)C(=O)O)c1ccccc1. The largest absolute Gasteiger partial charge is 0.480 e. The van der Waals surface area contributed by atoms with E-state index in [1.165, 1.54) is 5.56 Å². The maximum Gasteiger partial charge on any atom is 0.320 e. The first-order chi connectivity index (χ1) is 8.50. The molecule has 0 aromatic heterocycles. The van der Waals surface area contributed by atoms with Crippen LogP contribution < -0.4 is 5.32 Å². The van der Waals surface area contributed by atoms with Gasteiger partial charge in [-0.15, -0.1) is 0 Å². The molecule has 3 heteroatoms. The van der Waals surface area contributed by atoms with E-state index in [9.17, 15) is 4.79 Å². The molecule has 1 rings (SSSR count). The van der Waals surface area contributed by atoms with Crippen LogP contribution in [0.5, 0.6) is 0 Å². The molecule has 2 N–H and O–H groups in total. The summed E-state index contributed by atoms with van der Waals surface area (Å²) in [4.78, 5) is 10.8. The van der Waals surface area contributed by atoms with Gasteiger partial charge in [-0.05, 0) is 30.7 Å². The van der Waals surface area contributed by atoms with Crippen molar-refractivity contribution >= 4 is 5.97 Å². The molecule has 1 aromatic carbocycles. The first-order valence-electron chi connectivity index (χ1n) is 6.51. The number of carboxylic acid groups (broad SMARTS) is 1. The first kappa shape index (κ1) is 14.7. The van der Waals surface area contributed by atoms with Crippen molar-refractivity contribution in [1.82, 2.24) is 5.32 Å². The Morgan fingerprint density at radius 3 is 2.33 bits per heavy atom. The van der Waals surface area contributed by atoms with Gasteiger partial charge in [0.05, 0.1) is 0 Å². The molecule has 0 saturated carbocycles. The first-order valence-corrected chi connectivity index (χ1v) is 6.51. The Labute approximate surface area is 109 Å². The molecule has 0 bridgehead atoms. The lowest BCUT2D eigenvalue weighted by Crippen LogP contribution is -2.36. The highest BCUT2D eigenvalue weighted by Crippen LogP contribution is 2.23. The van der Waals surface area contributed by atoms with Gasteiger partial charge in [0, 0.05) is 6.54 Å². The third-order valence-electron chi connectivity index (χ3n) is 3.07. The summed E-state index contributed by atoms with van der Waals surface area (Å²) < 4.78 is 0. The predicted molar refractivity (Wildman–Crippen MR) is 73.7 cm³/mol. The number of hydrogen-bond donors (Lipinski definition) is 2. The monoisotopic (exact) mass is 249 g/mol. The Kier molecular flexibility index (Phi) is 5.86. The average molecular weight is 249 g/mol. The van der Waals surface area contributed by atoms with Crippen LogP contribution in [0.4, 0.5) is 0 Å². The predicted octanol–water partition coefficient (Wildman–Crippen LogP) is 2.88. The summed E-state index contributed by atoms with van der Waals surface area (Å²) in [5.41, 5.74) is 1.27. The van der Waals surface area contributed by atoms with Gasteiger partial charge >= 0.3 is 5.97 Å². The Morgan fingerprint density at radius 2 is 1.83 bits per heavy atom. The lowest BCUT2D eigenvalue weighted by atomic mass is 9.90. The van der Waals surface area contributed by atoms with Crippen molar-refractivity contribution < 1.29 is 9.90 Å². The number of aliphatic carboxylic acids is 1. The summed E-state index contributed by atoms with van der Waals surface area (Å²) in [6, 6.07) is 9.79. The second-order valence-electron chi connectivity index (χ2n) is 5.21. The van der Waals surface area contributed by atoms with E-state index in [2.05, 4.69) is 31.3 Å². The Hall–Kier alpha value is -1.35. The van der Waals surface area contributed by atoms with Crippen molar-refractivity contribution in [2.45, 2.75) is 39.2 Å². The minimum Gasteiger partial charge on any atom is -0.480 e. The lowest BCUT2D eigenvalue weighted by molar-refractivity contribution is -0.139. The van der Waals surface area contributed by atoms with E-state index in [0.717, 1.165) is 6.42 Å². The molecule has 0 fully saturated rings. The number of benzene rings is 1. The zero-order valence-electron chi connectivity index (χ0n) is 11.4. The Morgan fingerprint density at radius 1 is 1.22 bits per heavy atom. The van der Waals surface area contributed by atoms with Crippen LogP contribution in [0.3, 0.4) is 0 Å². The molecule has 0 radical (unpaired) electrons. The van der Waals surface area contributed by atoms with Crippen molar-refractivity contribution in [2.24, 2.45) is 5.92 Å². The summed E-state index contributed by atoms with van der Waals surface area (Å²) in [6.07, 6.45) is 1.06. The van der Waals surface area contributed by atoms with Gasteiger partial charge in [-0.2, -0.15) is 0 Å². The number of carbonyl (C=O) groups is 1. The molecule has 0 amide bonds. The molecule has 0 heterocycles. The van der Waals surface area contributed by atoms with Crippen molar-refractivity contribution in [3.8, 4) is 0 Å². The summed E-state index contributed by atoms with van der Waals surface area (Å²) in [6.45, 7) is 6.77. The maximum absolute atomic E-state index is 10.8. The van der Waals surface area contributed by atoms with Crippen molar-refractivity contribution in [3.63, 3.8) is 0 Å². The van der Waals surface area contributed by atoms with Gasteiger partial charge in [0.25, 0.3) is 0 Å². The topological polar surface area (TPSA) is 49.3 Å². The van der Waals surface area contributed by atoms with Gasteiger partial charge in [0.15, 0.2) is 0 Å². The molecular weight excluding hydrogens is 226 g/mol. The fourth-order valence-electron chi connectivity index (χ4n) is 2.04. The van der Waals surface area contributed by atoms with Crippen molar-refractivity contribution in [3.05, 3.63) is 35.9 Å². The molecular formula is C15H23NO2. The van der Waals surface area contributed by atoms with Gasteiger partial charge in [-0.1, -0.05) is 44.2 Å². The van der Waals surface area contributed by atoms with Gasteiger partial charge < -0.3 is 10.4 Å². The number of rotatable bonds is 7. The molecule has 2 unspecified atom stereocenters. The van der Waals surface area contributed by atoms with Gasteiger partial charge in [-0.3, -0.25) is 4.79 Å². The molecule has 100 valence electrons. The zero-order valence-corrected chi connectivity index (χ0v) is 11.4. The van der Waals surface area contributed by atoms with Crippen LogP contribution >= 0.6 is 0 Å². The summed E-state index contributed by atoms with van der Waals surface area (Å²) in [5, 5.41) is 12.0. The maximum atomic E-state index is 10.8. The van der Waals surface area contributed by atoms with Crippen LogP contribution in [-0.2, 0) is 4.79 Å². The molecule has 0 aliphatic rings. The van der Waals surface area contributed by atoms with E-state index in [1.54, 1.807) is 6.92 Å². The highest BCUT2D eigenvalue weighted by molar-refractivity contribution is 5.72. The van der Waals surface area contributed by atoms with Crippen LogP contribution in [-0.4, -0.2) is 23.7 Å². The third-order valence-corrected chi connectivity index (χ3v) is 3.07. The van der Waals surface area contributed by atoms with E-state index in [0.29, 0.717) is 18.4 Å².